The minimum Gasteiger partial charge on any atom is -0.353 e. The van der Waals surface area contributed by atoms with Crippen molar-refractivity contribution in [3.8, 4) is 0 Å². The number of H-pyrrole nitrogens is 1. The molecule has 1 aliphatic rings. The van der Waals surface area contributed by atoms with Crippen LogP contribution < -0.4 is 0 Å². The molecule has 2 rings (SSSR count). The molecule has 1 aromatic rings. The van der Waals surface area contributed by atoms with E-state index < -0.39 is 0 Å². The molecule has 2 heterocycles. The molecule has 2 nitrogen and oxygen atoms in total. The van der Waals surface area contributed by atoms with Crippen molar-refractivity contribution in [1.82, 2.24) is 9.88 Å². The first kappa shape index (κ1) is 12.8. The first-order valence-electron chi connectivity index (χ1n) is 6.74. The summed E-state index contributed by atoms with van der Waals surface area (Å²) in [5, 5.41) is 0. The number of piperidine rings is 1. The highest BCUT2D eigenvalue weighted by atomic mass is 32.1. The maximum absolute atomic E-state index is 5.42. The molecule has 1 saturated heterocycles. The Morgan fingerprint density at radius 1 is 1.47 bits per heavy atom. The van der Waals surface area contributed by atoms with Gasteiger partial charge in [-0.25, -0.2) is 0 Å². The van der Waals surface area contributed by atoms with Crippen LogP contribution in [-0.4, -0.2) is 23.0 Å². The molecular formula is C14H22N2S. The minimum absolute atomic E-state index is 0.542. The van der Waals surface area contributed by atoms with E-state index in [0.717, 1.165) is 4.64 Å². The summed E-state index contributed by atoms with van der Waals surface area (Å²) >= 11 is 5.42. The predicted octanol–water partition coefficient (Wildman–Crippen LogP) is 4.07. The van der Waals surface area contributed by atoms with Gasteiger partial charge in [0.05, 0.1) is 0 Å². The predicted molar refractivity (Wildman–Crippen MR) is 74.7 cm³/mol. The van der Waals surface area contributed by atoms with Gasteiger partial charge in [-0.05, 0) is 38.4 Å². The Morgan fingerprint density at radius 3 is 3.12 bits per heavy atom. The molecule has 0 bridgehead atoms. The second kappa shape index (κ2) is 6.31. The number of aromatic amines is 1. The fraction of sp³-hybridized carbons (Fsp3) is 0.643. The number of nitrogens with one attached hydrogen (secondary N) is 1. The van der Waals surface area contributed by atoms with Gasteiger partial charge in [-0.3, -0.25) is 4.90 Å². The van der Waals surface area contributed by atoms with Crippen molar-refractivity contribution < 1.29 is 0 Å². The Bertz CT molecular complexity index is 399. The van der Waals surface area contributed by atoms with Crippen LogP contribution in [-0.2, 0) is 0 Å². The first-order chi connectivity index (χ1) is 8.33. The zero-order valence-corrected chi connectivity index (χ0v) is 11.4. The van der Waals surface area contributed by atoms with E-state index in [1.54, 1.807) is 0 Å². The molecule has 0 saturated carbocycles. The van der Waals surface area contributed by atoms with E-state index in [0.29, 0.717) is 6.04 Å². The highest BCUT2D eigenvalue weighted by molar-refractivity contribution is 7.71. The molecule has 1 N–H and O–H groups in total. The molecule has 0 radical (unpaired) electrons. The highest BCUT2D eigenvalue weighted by Crippen LogP contribution is 2.31. The van der Waals surface area contributed by atoms with Crippen molar-refractivity contribution >= 4 is 12.2 Å². The Kier molecular flexibility index (Phi) is 4.75. The van der Waals surface area contributed by atoms with Crippen LogP contribution in [0.4, 0.5) is 0 Å². The zero-order valence-electron chi connectivity index (χ0n) is 10.6. The summed E-state index contributed by atoms with van der Waals surface area (Å²) in [7, 11) is 0. The Hall–Kier alpha value is -0.670. The van der Waals surface area contributed by atoms with E-state index in [1.807, 2.05) is 6.20 Å². The molecule has 17 heavy (non-hydrogen) atoms. The highest BCUT2D eigenvalue weighted by Gasteiger charge is 2.23. The number of likely N-dealkylation sites (tertiary alicyclic amines) is 1. The second-order valence-electron chi connectivity index (χ2n) is 4.86. The Balaban J connectivity index is 2.16. The summed E-state index contributed by atoms with van der Waals surface area (Å²) < 4.78 is 0.917. The molecule has 1 aromatic heterocycles. The molecule has 1 aliphatic heterocycles. The lowest BCUT2D eigenvalue weighted by molar-refractivity contribution is 0.146. The van der Waals surface area contributed by atoms with E-state index in [9.17, 15) is 0 Å². The number of nitrogens with zero attached hydrogens (tertiary/aromatic N) is 1. The molecule has 1 unspecified atom stereocenters. The van der Waals surface area contributed by atoms with Crippen molar-refractivity contribution in [2.24, 2.45) is 0 Å². The number of rotatable bonds is 4. The van der Waals surface area contributed by atoms with Gasteiger partial charge >= 0.3 is 0 Å². The first-order valence-corrected chi connectivity index (χ1v) is 7.15. The van der Waals surface area contributed by atoms with E-state index in [1.165, 1.54) is 50.8 Å². The lowest BCUT2D eigenvalue weighted by Crippen LogP contribution is -2.34. The van der Waals surface area contributed by atoms with Crippen LogP contribution in [0.1, 0.15) is 50.6 Å². The quantitative estimate of drug-likeness (QED) is 0.812. The average molecular weight is 250 g/mol. The van der Waals surface area contributed by atoms with Crippen LogP contribution in [0.5, 0.6) is 0 Å². The maximum Gasteiger partial charge on any atom is 0.108 e. The summed E-state index contributed by atoms with van der Waals surface area (Å²) in [5.74, 6) is 0. The summed E-state index contributed by atoms with van der Waals surface area (Å²) in [6.45, 7) is 4.70. The third kappa shape index (κ3) is 3.17. The van der Waals surface area contributed by atoms with Crippen LogP contribution in [0.25, 0.3) is 0 Å². The molecule has 0 aliphatic carbocycles. The molecule has 0 spiro atoms. The molecule has 94 valence electrons. The number of hydrogen-bond acceptors (Lipinski definition) is 2. The van der Waals surface area contributed by atoms with E-state index in [-0.39, 0.29) is 0 Å². The van der Waals surface area contributed by atoms with Gasteiger partial charge in [0.2, 0.25) is 0 Å². The fourth-order valence-corrected chi connectivity index (χ4v) is 2.94. The van der Waals surface area contributed by atoms with Crippen molar-refractivity contribution in [2.45, 2.75) is 45.1 Å². The van der Waals surface area contributed by atoms with Crippen molar-refractivity contribution in [3.63, 3.8) is 0 Å². The molecule has 0 aromatic carbocycles. The normalized spacial score (nSPS) is 21.6. The Morgan fingerprint density at radius 2 is 2.35 bits per heavy atom. The molecule has 3 heteroatoms. The number of hydrogen-bond donors (Lipinski definition) is 1. The second-order valence-corrected chi connectivity index (χ2v) is 5.26. The van der Waals surface area contributed by atoms with Gasteiger partial charge in [0, 0.05) is 17.8 Å². The summed E-state index contributed by atoms with van der Waals surface area (Å²) in [5.41, 5.74) is 1.32. The van der Waals surface area contributed by atoms with E-state index in [4.69, 9.17) is 12.2 Å². The standard InChI is InChI=1S/C14H22N2S/c1-2-3-10-16-11-5-4-8-13(16)12-7-6-9-15-14(12)17/h6-7,9,13H,2-5,8,10-11H2,1H3,(H,15,17). The van der Waals surface area contributed by atoms with E-state index in [2.05, 4.69) is 28.9 Å². The van der Waals surface area contributed by atoms with Crippen LogP contribution in [0.2, 0.25) is 0 Å². The summed E-state index contributed by atoms with van der Waals surface area (Å²) in [6, 6.07) is 4.80. The summed E-state index contributed by atoms with van der Waals surface area (Å²) in [4.78, 5) is 5.78. The molecule has 1 fully saturated rings. The lowest BCUT2D eigenvalue weighted by Gasteiger charge is -2.35. The SMILES string of the molecule is CCCCN1CCCCC1c1ccc[nH]c1=S. The van der Waals surface area contributed by atoms with Gasteiger partial charge < -0.3 is 4.98 Å². The van der Waals surface area contributed by atoms with Crippen molar-refractivity contribution in [2.75, 3.05) is 13.1 Å². The van der Waals surface area contributed by atoms with Gasteiger partial charge in [-0.1, -0.05) is 38.0 Å². The van der Waals surface area contributed by atoms with Gasteiger partial charge in [0.1, 0.15) is 4.64 Å². The average Bonchev–Trinajstić information content (AvgIpc) is 2.37. The lowest BCUT2D eigenvalue weighted by atomic mass is 9.96. The van der Waals surface area contributed by atoms with Crippen LogP contribution >= 0.6 is 12.2 Å². The van der Waals surface area contributed by atoms with Gasteiger partial charge in [-0.2, -0.15) is 0 Å². The number of unbranched alkanes of at least 4 members (excludes halogenated alkanes) is 1. The van der Waals surface area contributed by atoms with Gasteiger partial charge in [0.25, 0.3) is 0 Å². The van der Waals surface area contributed by atoms with Crippen LogP contribution in [0.3, 0.4) is 0 Å². The fourth-order valence-electron chi connectivity index (χ4n) is 2.67. The van der Waals surface area contributed by atoms with Gasteiger partial charge in [0.15, 0.2) is 0 Å². The smallest absolute Gasteiger partial charge is 0.108 e. The monoisotopic (exact) mass is 250 g/mol. The molecule has 1 atom stereocenters. The van der Waals surface area contributed by atoms with Crippen molar-refractivity contribution in [3.05, 3.63) is 28.5 Å². The summed E-state index contributed by atoms with van der Waals surface area (Å²) in [6.07, 6.45) is 8.40. The van der Waals surface area contributed by atoms with Crippen LogP contribution in [0, 0.1) is 4.64 Å². The molecule has 0 amide bonds. The topological polar surface area (TPSA) is 19.0 Å². The van der Waals surface area contributed by atoms with Crippen molar-refractivity contribution in [1.29, 1.82) is 0 Å². The Labute approximate surface area is 109 Å². The third-order valence-corrected chi connectivity index (χ3v) is 3.97. The zero-order chi connectivity index (χ0) is 12.1. The number of aromatic nitrogens is 1. The van der Waals surface area contributed by atoms with Crippen LogP contribution in [0.15, 0.2) is 18.3 Å². The van der Waals surface area contributed by atoms with E-state index >= 15 is 0 Å². The number of pyridine rings is 1. The minimum atomic E-state index is 0.542. The third-order valence-electron chi connectivity index (χ3n) is 3.62. The maximum atomic E-state index is 5.42. The largest absolute Gasteiger partial charge is 0.353 e. The van der Waals surface area contributed by atoms with Gasteiger partial charge in [-0.15, -0.1) is 0 Å². The molecular weight excluding hydrogens is 228 g/mol.